The van der Waals surface area contributed by atoms with Crippen LogP contribution in [0.15, 0.2) is 12.1 Å². The van der Waals surface area contributed by atoms with Crippen molar-refractivity contribution in [3.05, 3.63) is 29.1 Å². The lowest BCUT2D eigenvalue weighted by atomic mass is 9.97. The van der Waals surface area contributed by atoms with E-state index in [0.717, 1.165) is 12.1 Å². The number of hydrogen-bond acceptors (Lipinski definition) is 4. The molecule has 0 bridgehead atoms. The van der Waals surface area contributed by atoms with E-state index in [2.05, 4.69) is 5.32 Å². The molecule has 0 amide bonds. The highest BCUT2D eigenvalue weighted by molar-refractivity contribution is 5.49. The van der Waals surface area contributed by atoms with Crippen molar-refractivity contribution in [1.82, 2.24) is 10.2 Å². The molecular weight excluding hydrogens is 271 g/mol. The van der Waals surface area contributed by atoms with E-state index in [1.54, 1.807) is 6.07 Å². The molecule has 2 rings (SSSR count). The van der Waals surface area contributed by atoms with E-state index in [9.17, 15) is 18.3 Å². The number of nitrogens with one attached hydrogen (secondary N) is 1. The van der Waals surface area contributed by atoms with Gasteiger partial charge < -0.3 is 10.4 Å². The van der Waals surface area contributed by atoms with Crippen molar-refractivity contribution in [3.8, 4) is 11.8 Å². The Morgan fingerprint density at radius 2 is 1.95 bits per heavy atom. The second kappa shape index (κ2) is 6.11. The lowest BCUT2D eigenvalue weighted by Crippen LogP contribution is -2.47. The van der Waals surface area contributed by atoms with Gasteiger partial charge >= 0.3 is 0 Å². The molecule has 1 heterocycles. The smallest absolute Gasteiger partial charge is 0.258 e. The average Bonchev–Trinajstić information content (AvgIpc) is 2.45. The summed E-state index contributed by atoms with van der Waals surface area (Å²) in [5.74, 6) is -1.87. The summed E-state index contributed by atoms with van der Waals surface area (Å²) in [6, 6.07) is 2.27. The Labute approximate surface area is 114 Å². The van der Waals surface area contributed by atoms with Crippen LogP contribution < -0.4 is 5.32 Å². The Hall–Kier alpha value is -1.78. The zero-order valence-corrected chi connectivity index (χ0v) is 10.6. The SMILES string of the molecule is N#Cc1ccc(F)c(O)c1[C@H](C(F)F)N1CCNCC1. The number of rotatable bonds is 3. The number of piperazine rings is 1. The van der Waals surface area contributed by atoms with Gasteiger partial charge in [0.25, 0.3) is 6.43 Å². The van der Waals surface area contributed by atoms with Crippen LogP contribution in [0.1, 0.15) is 17.2 Å². The molecule has 1 aromatic carbocycles. The van der Waals surface area contributed by atoms with Gasteiger partial charge in [-0.2, -0.15) is 5.26 Å². The molecule has 0 unspecified atom stereocenters. The lowest BCUT2D eigenvalue weighted by Gasteiger charge is -2.35. The predicted octanol–water partition coefficient (Wildman–Crippen LogP) is 1.61. The lowest BCUT2D eigenvalue weighted by molar-refractivity contribution is 0.0166. The molecule has 0 aliphatic carbocycles. The van der Waals surface area contributed by atoms with Crippen LogP contribution >= 0.6 is 0 Å². The number of nitrogens with zero attached hydrogens (tertiary/aromatic N) is 2. The average molecular weight is 285 g/mol. The summed E-state index contributed by atoms with van der Waals surface area (Å²) in [6.07, 6.45) is -2.83. The van der Waals surface area contributed by atoms with Gasteiger partial charge in [0, 0.05) is 31.7 Å². The number of halogens is 3. The fraction of sp³-hybridized carbons (Fsp3) is 0.462. The van der Waals surface area contributed by atoms with Crippen molar-refractivity contribution < 1.29 is 18.3 Å². The third kappa shape index (κ3) is 2.71. The maximum absolute atomic E-state index is 13.5. The van der Waals surface area contributed by atoms with Crippen LogP contribution in [0, 0.1) is 17.1 Å². The van der Waals surface area contributed by atoms with E-state index in [1.807, 2.05) is 0 Å². The standard InChI is InChI=1S/C13H14F3N3O/c14-9-2-1-8(7-17)10(12(9)20)11(13(15)16)19-5-3-18-4-6-19/h1-2,11,13,18,20H,3-6H2/t11-/m1/s1. The number of aromatic hydroxyl groups is 1. The molecule has 7 heteroatoms. The molecular formula is C13H14F3N3O. The number of nitriles is 1. The Bertz CT molecular complexity index is 524. The number of benzene rings is 1. The zero-order valence-electron chi connectivity index (χ0n) is 10.6. The largest absolute Gasteiger partial charge is 0.505 e. The number of phenols is 1. The minimum atomic E-state index is -2.83. The molecule has 0 saturated carbocycles. The summed E-state index contributed by atoms with van der Waals surface area (Å²) >= 11 is 0. The Kier molecular flexibility index (Phi) is 4.47. The molecule has 0 radical (unpaired) electrons. The summed E-state index contributed by atoms with van der Waals surface area (Å²) < 4.78 is 40.2. The van der Waals surface area contributed by atoms with Gasteiger partial charge in [-0.3, -0.25) is 4.90 Å². The van der Waals surface area contributed by atoms with Crippen molar-refractivity contribution in [2.75, 3.05) is 26.2 Å². The third-order valence-electron chi connectivity index (χ3n) is 3.37. The Morgan fingerprint density at radius 1 is 1.30 bits per heavy atom. The van der Waals surface area contributed by atoms with Crippen LogP contribution in [-0.2, 0) is 0 Å². The van der Waals surface area contributed by atoms with Crippen molar-refractivity contribution in [3.63, 3.8) is 0 Å². The van der Waals surface area contributed by atoms with E-state index < -0.39 is 24.0 Å². The highest BCUT2D eigenvalue weighted by Gasteiger charge is 2.35. The topological polar surface area (TPSA) is 59.3 Å². The minimum Gasteiger partial charge on any atom is -0.505 e. The van der Waals surface area contributed by atoms with Crippen LogP contribution in [0.3, 0.4) is 0 Å². The molecule has 1 fully saturated rings. The van der Waals surface area contributed by atoms with Gasteiger partial charge in [0.05, 0.1) is 11.6 Å². The van der Waals surface area contributed by atoms with Crippen molar-refractivity contribution in [1.29, 1.82) is 5.26 Å². The second-order valence-electron chi connectivity index (χ2n) is 4.53. The van der Waals surface area contributed by atoms with Gasteiger partial charge in [0.1, 0.15) is 6.04 Å². The van der Waals surface area contributed by atoms with Gasteiger partial charge in [-0.05, 0) is 12.1 Å². The normalized spacial score (nSPS) is 17.9. The first-order chi connectivity index (χ1) is 9.56. The quantitative estimate of drug-likeness (QED) is 0.886. The third-order valence-corrected chi connectivity index (χ3v) is 3.37. The molecule has 4 nitrogen and oxygen atoms in total. The van der Waals surface area contributed by atoms with Crippen LogP contribution in [0.25, 0.3) is 0 Å². The highest BCUT2D eigenvalue weighted by Crippen LogP contribution is 2.37. The zero-order chi connectivity index (χ0) is 14.7. The molecule has 0 aromatic heterocycles. The summed E-state index contributed by atoms with van der Waals surface area (Å²) in [5.41, 5.74) is -0.461. The summed E-state index contributed by atoms with van der Waals surface area (Å²) in [7, 11) is 0. The molecule has 20 heavy (non-hydrogen) atoms. The monoisotopic (exact) mass is 285 g/mol. The molecule has 1 atom stereocenters. The summed E-state index contributed by atoms with van der Waals surface area (Å²) in [5, 5.41) is 21.8. The van der Waals surface area contributed by atoms with Gasteiger partial charge in [0.2, 0.25) is 0 Å². The second-order valence-corrected chi connectivity index (χ2v) is 4.53. The van der Waals surface area contributed by atoms with E-state index in [1.165, 1.54) is 4.90 Å². The van der Waals surface area contributed by atoms with Crippen molar-refractivity contribution in [2.24, 2.45) is 0 Å². The molecule has 108 valence electrons. The fourth-order valence-corrected chi connectivity index (χ4v) is 2.41. The Morgan fingerprint density at radius 3 is 2.50 bits per heavy atom. The molecule has 0 spiro atoms. The summed E-state index contributed by atoms with van der Waals surface area (Å²) in [6.45, 7) is 1.74. The van der Waals surface area contributed by atoms with E-state index in [-0.39, 0.29) is 11.1 Å². The van der Waals surface area contributed by atoms with E-state index in [4.69, 9.17) is 5.26 Å². The molecule has 1 aliphatic heterocycles. The van der Waals surface area contributed by atoms with Crippen LogP contribution in [0.2, 0.25) is 0 Å². The van der Waals surface area contributed by atoms with Crippen LogP contribution in [0.4, 0.5) is 13.2 Å². The highest BCUT2D eigenvalue weighted by atomic mass is 19.3. The first-order valence-corrected chi connectivity index (χ1v) is 6.20. The fourth-order valence-electron chi connectivity index (χ4n) is 2.41. The van der Waals surface area contributed by atoms with Crippen LogP contribution in [-0.4, -0.2) is 42.6 Å². The van der Waals surface area contributed by atoms with Gasteiger partial charge in [-0.15, -0.1) is 0 Å². The molecule has 1 saturated heterocycles. The maximum atomic E-state index is 13.5. The first kappa shape index (κ1) is 14.6. The number of alkyl halides is 2. The maximum Gasteiger partial charge on any atom is 0.258 e. The van der Waals surface area contributed by atoms with Gasteiger partial charge in [0.15, 0.2) is 11.6 Å². The van der Waals surface area contributed by atoms with Crippen molar-refractivity contribution in [2.45, 2.75) is 12.5 Å². The predicted molar refractivity (Wildman–Crippen MR) is 66.0 cm³/mol. The van der Waals surface area contributed by atoms with Gasteiger partial charge in [-0.1, -0.05) is 0 Å². The Balaban J connectivity index is 2.49. The van der Waals surface area contributed by atoms with Crippen LogP contribution in [0.5, 0.6) is 5.75 Å². The minimum absolute atomic E-state index is 0.132. The van der Waals surface area contributed by atoms with E-state index >= 15 is 0 Å². The molecule has 2 N–H and O–H groups in total. The first-order valence-electron chi connectivity index (χ1n) is 6.20. The van der Waals surface area contributed by atoms with E-state index in [0.29, 0.717) is 26.2 Å². The molecule has 1 aliphatic rings. The van der Waals surface area contributed by atoms with Gasteiger partial charge in [-0.25, -0.2) is 13.2 Å². The molecule has 1 aromatic rings. The number of phenolic OH excluding ortho intramolecular Hbond substituents is 1. The number of hydrogen-bond donors (Lipinski definition) is 2. The van der Waals surface area contributed by atoms with Crippen molar-refractivity contribution >= 4 is 0 Å². The summed E-state index contributed by atoms with van der Waals surface area (Å²) in [4.78, 5) is 1.45.